The van der Waals surface area contributed by atoms with Crippen molar-refractivity contribution in [3.05, 3.63) is 70.0 Å². The molecule has 1 aromatic heterocycles. The van der Waals surface area contributed by atoms with Crippen LogP contribution in [-0.4, -0.2) is 178 Å². The Labute approximate surface area is 583 Å². The molecule has 99 heavy (non-hydrogen) atoms. The van der Waals surface area contributed by atoms with E-state index >= 15 is 0 Å². The molecule has 0 saturated heterocycles. The van der Waals surface area contributed by atoms with Gasteiger partial charge in [0.2, 0.25) is 41.4 Å². The Balaban J connectivity index is 0.717. The molecule has 5 aliphatic rings. The highest BCUT2D eigenvalue weighted by Crippen LogP contribution is 2.60. The van der Waals surface area contributed by atoms with Gasteiger partial charge in [0.1, 0.15) is 36.2 Å². The zero-order valence-electron chi connectivity index (χ0n) is 59.5. The number of ether oxygens (including phenoxy) is 5. The quantitative estimate of drug-likeness (QED) is 0.0179. The van der Waals surface area contributed by atoms with E-state index in [1.807, 2.05) is 62.7 Å². The van der Waals surface area contributed by atoms with E-state index in [1.165, 1.54) is 5.56 Å². The van der Waals surface area contributed by atoms with Gasteiger partial charge in [-0.15, -0.1) is 5.10 Å². The fraction of sp³-hybridized carbons (Fsp3) is 0.708. The Morgan fingerprint density at radius 1 is 0.657 bits per heavy atom. The molecule has 9 N–H and O–H groups in total. The number of carbonyl (C=O) groups is 7. The van der Waals surface area contributed by atoms with Gasteiger partial charge in [-0.05, 0) is 179 Å². The third kappa shape index (κ3) is 20.4. The van der Waals surface area contributed by atoms with Crippen molar-refractivity contribution in [2.24, 2.45) is 28.6 Å². The highest BCUT2D eigenvalue weighted by Gasteiger charge is 2.59. The number of phenolic OH excluding ortho intramolecular Hbond substituents is 1. The van der Waals surface area contributed by atoms with Crippen molar-refractivity contribution < 1.29 is 75.3 Å². The molecule has 10 atom stereocenters. The predicted molar refractivity (Wildman–Crippen MR) is 371 cm³/mol. The topological polar surface area (TPSA) is 355 Å². The summed E-state index contributed by atoms with van der Waals surface area (Å²) in [6, 6.07) is 9.04. The first kappa shape index (κ1) is 78.3. The second-order valence-electron chi connectivity index (χ2n) is 29.1. The number of phenols is 1. The standard InChI is InChI=1S/C72H110N10O16S/c1-47(2)62(78-65(87)55(73-8)16-12-13-32-74-61(85)46-98-57-18-11-9-10-17-56-63(57)80-81-82(56)34-36-95-38-40-97-42-41-96-39-37-94-35-27-60(84)75-33-43-99(91,92)93)66(88)76-48(3)64(86)77-51-23-19-49-21-25-58-69(4,53(49)44-51)28-14-30-71(58,6)67(89)79-68(90)72(7)31-15-29-70(5)54-45-52(83)24-20-50(54)22-26-59(70)72/h19-20,23-24,44-45,47-48,55,57-59,62,73,83H,9-18,21-22,25-43,46H2,1-8H3,(H,74,85)(H,75,84)(H,76,88)(H,77,86)(H,78,87)(H,79,89,90)(H,91,92,93)/t48-,55+,57?,58+,59+,62-,69+,70+,71-,72-/m0/s1. The van der Waals surface area contributed by atoms with Gasteiger partial charge in [0, 0.05) is 25.2 Å². The van der Waals surface area contributed by atoms with E-state index < -0.39 is 68.2 Å². The second-order valence-corrected chi connectivity index (χ2v) is 30.6. The normalized spacial score (nSPS) is 24.4. The fourth-order valence-corrected chi connectivity index (χ4v) is 16.6. The molecule has 0 radical (unpaired) electrons. The number of carbonyl (C=O) groups excluding carboxylic acids is 7. The van der Waals surface area contributed by atoms with Crippen LogP contribution in [0.5, 0.6) is 5.75 Å². The van der Waals surface area contributed by atoms with Gasteiger partial charge in [-0.1, -0.05) is 84.6 Å². The van der Waals surface area contributed by atoms with Crippen LogP contribution in [-0.2, 0) is 104 Å². The van der Waals surface area contributed by atoms with Gasteiger partial charge >= 0.3 is 0 Å². The number of benzene rings is 2. The van der Waals surface area contributed by atoms with Gasteiger partial charge in [-0.25, -0.2) is 4.68 Å². The van der Waals surface area contributed by atoms with E-state index in [9.17, 15) is 47.1 Å². The molecule has 7 amide bonds. The zero-order chi connectivity index (χ0) is 71.5. The third-order valence-electron chi connectivity index (χ3n) is 21.8. The highest BCUT2D eigenvalue weighted by atomic mass is 32.2. The number of hydrogen-bond acceptors (Lipinski definition) is 18. The number of likely N-dealkylation sites (N-methyl/N-ethyl adjacent to an activating group) is 1. The maximum Gasteiger partial charge on any atom is 0.266 e. The van der Waals surface area contributed by atoms with Crippen LogP contribution in [0.1, 0.15) is 191 Å². The number of aromatic nitrogens is 3. The van der Waals surface area contributed by atoms with Gasteiger partial charge in [-0.3, -0.25) is 43.4 Å². The predicted octanol–water partition coefficient (Wildman–Crippen LogP) is 6.14. The molecule has 5 aliphatic carbocycles. The number of nitrogens with one attached hydrogen (secondary N) is 7. The SMILES string of the molecule is CN[C@H](CCCCNC(=O)COC1CCCCCc2c1nnn2CCOCCOCCOCCOCCC(=O)NCCS(=O)(=O)O)C(=O)N[C@H](C(=O)N[C@@H](C)C(=O)Nc1ccc2c(c1)[C@@]1(C)CCC[C@](C)(C(=O)NC(=O)[C@@]3(C)CCC[C@]4(C)c5cc(O)ccc5CC[C@@H]34)[C@@H]1CC2)C(C)C. The molecular formula is C72H110N10O16S. The maximum absolute atomic E-state index is 14.8. The molecular weight excluding hydrogens is 1290 g/mol. The first-order valence-corrected chi connectivity index (χ1v) is 37.6. The van der Waals surface area contributed by atoms with E-state index in [0.717, 1.165) is 105 Å². The number of imide groups is 1. The highest BCUT2D eigenvalue weighted by molar-refractivity contribution is 7.85. The number of amides is 7. The van der Waals surface area contributed by atoms with Crippen molar-refractivity contribution in [3.63, 3.8) is 0 Å². The van der Waals surface area contributed by atoms with Crippen molar-refractivity contribution in [3.8, 4) is 5.75 Å². The summed E-state index contributed by atoms with van der Waals surface area (Å²) in [5, 5.41) is 39.6. The average Bonchev–Trinajstić information content (AvgIpc) is 0.917. The van der Waals surface area contributed by atoms with Crippen LogP contribution in [0.3, 0.4) is 0 Å². The summed E-state index contributed by atoms with van der Waals surface area (Å²) >= 11 is 0. The largest absolute Gasteiger partial charge is 0.508 e. The summed E-state index contributed by atoms with van der Waals surface area (Å²) in [6.45, 7) is 16.9. The Bertz CT molecular complexity index is 3390. The molecule has 2 fully saturated rings. The number of aromatic hydroxyl groups is 1. The van der Waals surface area contributed by atoms with E-state index in [4.69, 9.17) is 28.2 Å². The molecule has 2 saturated carbocycles. The Morgan fingerprint density at radius 2 is 1.25 bits per heavy atom. The molecule has 550 valence electrons. The monoisotopic (exact) mass is 1400 g/mol. The molecule has 8 rings (SSSR count). The molecule has 1 heterocycles. The Hall–Kier alpha value is -6.46. The van der Waals surface area contributed by atoms with Crippen LogP contribution >= 0.6 is 0 Å². The summed E-state index contributed by atoms with van der Waals surface area (Å²) in [7, 11) is -2.45. The van der Waals surface area contributed by atoms with Crippen molar-refractivity contribution in [2.45, 2.75) is 212 Å². The molecule has 1 unspecified atom stereocenters. The van der Waals surface area contributed by atoms with Gasteiger partial charge in [-0.2, -0.15) is 8.42 Å². The third-order valence-corrected chi connectivity index (χ3v) is 22.5. The minimum atomic E-state index is -4.13. The Kier molecular flexibility index (Phi) is 28.4. The number of nitrogens with zero attached hydrogens (tertiary/aromatic N) is 3. The first-order valence-electron chi connectivity index (χ1n) is 35.9. The summed E-state index contributed by atoms with van der Waals surface area (Å²) in [4.78, 5) is 95.8. The van der Waals surface area contributed by atoms with Crippen molar-refractivity contribution >= 4 is 57.2 Å². The second kappa shape index (κ2) is 35.9. The minimum Gasteiger partial charge on any atom is -0.508 e. The number of rotatable bonds is 36. The maximum atomic E-state index is 14.8. The lowest BCUT2D eigenvalue weighted by Gasteiger charge is -2.56. The summed E-state index contributed by atoms with van der Waals surface area (Å²) in [5.74, 6) is -3.06. The van der Waals surface area contributed by atoms with Crippen LogP contribution in [0.25, 0.3) is 0 Å². The molecule has 0 spiro atoms. The molecule has 2 aromatic carbocycles. The number of fused-ring (bicyclic) bond motifs is 7. The van der Waals surface area contributed by atoms with Crippen molar-refractivity contribution in [2.75, 3.05) is 90.7 Å². The number of anilines is 1. The van der Waals surface area contributed by atoms with Crippen molar-refractivity contribution in [1.82, 2.24) is 46.9 Å². The Morgan fingerprint density at radius 3 is 1.87 bits per heavy atom. The average molecular weight is 1400 g/mol. The first-order chi connectivity index (χ1) is 47.2. The minimum absolute atomic E-state index is 0.00845. The fourth-order valence-electron chi connectivity index (χ4n) is 16.3. The van der Waals surface area contributed by atoms with Crippen LogP contribution in [0.15, 0.2) is 36.4 Å². The van der Waals surface area contributed by atoms with Gasteiger partial charge in [0.25, 0.3) is 10.1 Å². The number of aryl methyl sites for hydroxylation is 2. The number of hydrogen-bond donors (Lipinski definition) is 9. The van der Waals surface area contributed by atoms with Crippen LogP contribution in [0.4, 0.5) is 5.69 Å². The summed E-state index contributed by atoms with van der Waals surface area (Å²) in [5.41, 5.74) is 4.52. The summed E-state index contributed by atoms with van der Waals surface area (Å²) < 4.78 is 60.4. The summed E-state index contributed by atoms with van der Waals surface area (Å²) in [6.07, 6.45) is 13.5. The van der Waals surface area contributed by atoms with Gasteiger partial charge < -0.3 is 60.7 Å². The molecule has 26 nitrogen and oxygen atoms in total. The van der Waals surface area contributed by atoms with Crippen LogP contribution in [0, 0.1) is 28.6 Å². The lowest BCUT2D eigenvalue weighted by molar-refractivity contribution is -0.150. The lowest BCUT2D eigenvalue weighted by atomic mass is 9.49. The van der Waals surface area contributed by atoms with Gasteiger partial charge in [0.05, 0.1) is 87.7 Å². The van der Waals surface area contributed by atoms with Crippen molar-refractivity contribution in [1.29, 1.82) is 0 Å². The molecule has 3 aromatic rings. The zero-order valence-corrected chi connectivity index (χ0v) is 60.3. The van der Waals surface area contributed by atoms with E-state index in [1.54, 1.807) is 20.0 Å². The van der Waals surface area contributed by atoms with Crippen LogP contribution < -0.4 is 37.2 Å². The van der Waals surface area contributed by atoms with E-state index in [2.05, 4.69) is 61.4 Å². The van der Waals surface area contributed by atoms with E-state index in [-0.39, 0.29) is 91.2 Å². The number of unbranched alkanes of at least 4 members (excludes halogenated alkanes) is 1. The molecule has 0 aliphatic heterocycles. The lowest BCUT2D eigenvalue weighted by Crippen LogP contribution is -2.60. The van der Waals surface area contributed by atoms with Gasteiger partial charge in [0.15, 0.2) is 0 Å². The molecule has 0 bridgehead atoms. The molecule has 27 heteroatoms. The van der Waals surface area contributed by atoms with E-state index in [0.29, 0.717) is 96.9 Å². The smallest absolute Gasteiger partial charge is 0.266 e. The van der Waals surface area contributed by atoms with Crippen LogP contribution in [0.2, 0.25) is 0 Å².